The van der Waals surface area contributed by atoms with Crippen molar-refractivity contribution in [3.63, 3.8) is 0 Å². The second-order valence-corrected chi connectivity index (χ2v) is 6.33. The number of aryl methyl sites for hydroxylation is 1. The van der Waals surface area contributed by atoms with Crippen molar-refractivity contribution in [3.8, 4) is 11.5 Å². The monoisotopic (exact) mass is 408 g/mol. The zero-order chi connectivity index (χ0) is 17.7. The molecule has 5 nitrogen and oxygen atoms in total. The van der Waals surface area contributed by atoms with Crippen LogP contribution in [0.25, 0.3) is 0 Å². The second kappa shape index (κ2) is 8.12. The summed E-state index contributed by atoms with van der Waals surface area (Å²) in [6, 6.07) is 10.2. The first-order valence-electron chi connectivity index (χ1n) is 7.25. The number of amides is 1. The molecule has 24 heavy (non-hydrogen) atoms. The van der Waals surface area contributed by atoms with Crippen LogP contribution in [0.2, 0.25) is 0 Å². The Bertz CT molecular complexity index is 780. The maximum Gasteiger partial charge on any atom is 0.261 e. The number of thiocarbonyl (C=S) groups is 1. The zero-order valence-electron chi connectivity index (χ0n) is 13.2. The molecule has 2 aromatic carbocycles. The minimum absolute atomic E-state index is 0.0506. The summed E-state index contributed by atoms with van der Waals surface area (Å²) in [4.78, 5) is 12.4. The number of ether oxygens (including phenoxy) is 1. The predicted molar refractivity (Wildman–Crippen MR) is 102 cm³/mol. The van der Waals surface area contributed by atoms with Crippen LogP contribution in [-0.4, -0.2) is 22.7 Å². The van der Waals surface area contributed by atoms with Crippen LogP contribution in [0.3, 0.4) is 0 Å². The highest BCUT2D eigenvalue weighted by Gasteiger charge is 2.15. The summed E-state index contributed by atoms with van der Waals surface area (Å²) in [6.07, 6.45) is 0. The third kappa shape index (κ3) is 4.69. The van der Waals surface area contributed by atoms with Crippen molar-refractivity contribution in [3.05, 3.63) is 52.0 Å². The van der Waals surface area contributed by atoms with E-state index in [0.29, 0.717) is 23.6 Å². The Kier molecular flexibility index (Phi) is 6.16. The molecule has 0 aliphatic heterocycles. The lowest BCUT2D eigenvalue weighted by atomic mass is 10.2. The molecule has 0 spiro atoms. The van der Waals surface area contributed by atoms with E-state index in [9.17, 15) is 9.90 Å². The van der Waals surface area contributed by atoms with Gasteiger partial charge in [0, 0.05) is 4.47 Å². The molecule has 0 aliphatic rings. The van der Waals surface area contributed by atoms with Gasteiger partial charge in [-0.25, -0.2) is 0 Å². The fraction of sp³-hybridized carbons (Fsp3) is 0.176. The highest BCUT2D eigenvalue weighted by atomic mass is 79.9. The summed E-state index contributed by atoms with van der Waals surface area (Å²) in [5.74, 6) is 0.124. The number of hydrogen-bond acceptors (Lipinski definition) is 4. The van der Waals surface area contributed by atoms with E-state index in [2.05, 4.69) is 26.6 Å². The Hall–Kier alpha value is -2.12. The van der Waals surface area contributed by atoms with E-state index in [1.807, 2.05) is 13.8 Å². The molecule has 0 fully saturated rings. The summed E-state index contributed by atoms with van der Waals surface area (Å²) in [5.41, 5.74) is 1.75. The van der Waals surface area contributed by atoms with Gasteiger partial charge in [0.25, 0.3) is 5.91 Å². The molecular weight excluding hydrogens is 392 g/mol. The first kappa shape index (κ1) is 18.2. The molecule has 7 heteroatoms. The summed E-state index contributed by atoms with van der Waals surface area (Å²) in [5, 5.41) is 15.3. The molecule has 0 atom stereocenters. The average Bonchev–Trinajstić information content (AvgIpc) is 2.52. The van der Waals surface area contributed by atoms with Gasteiger partial charge in [-0.05, 0) is 62.0 Å². The van der Waals surface area contributed by atoms with Crippen molar-refractivity contribution in [1.29, 1.82) is 0 Å². The lowest BCUT2D eigenvalue weighted by Crippen LogP contribution is -2.34. The average molecular weight is 409 g/mol. The number of phenols is 1. The number of rotatable bonds is 4. The van der Waals surface area contributed by atoms with Crippen LogP contribution < -0.4 is 15.4 Å². The maximum atomic E-state index is 12.4. The van der Waals surface area contributed by atoms with Crippen LogP contribution in [0.5, 0.6) is 11.5 Å². The Labute approximate surface area is 154 Å². The van der Waals surface area contributed by atoms with Gasteiger partial charge in [-0.1, -0.05) is 22.0 Å². The topological polar surface area (TPSA) is 70.6 Å². The molecule has 0 saturated heterocycles. The van der Waals surface area contributed by atoms with E-state index in [1.54, 1.807) is 36.4 Å². The van der Waals surface area contributed by atoms with Crippen LogP contribution in [0.4, 0.5) is 5.69 Å². The minimum atomic E-state index is -0.399. The third-order valence-electron chi connectivity index (χ3n) is 3.11. The van der Waals surface area contributed by atoms with Crippen molar-refractivity contribution in [1.82, 2.24) is 5.32 Å². The van der Waals surface area contributed by atoms with Gasteiger partial charge in [-0.15, -0.1) is 0 Å². The zero-order valence-corrected chi connectivity index (χ0v) is 15.6. The van der Waals surface area contributed by atoms with Crippen molar-refractivity contribution < 1.29 is 14.6 Å². The lowest BCUT2D eigenvalue weighted by Gasteiger charge is -2.13. The predicted octanol–water partition coefficient (Wildman–Crippen LogP) is 3.99. The van der Waals surface area contributed by atoms with Gasteiger partial charge < -0.3 is 15.2 Å². The summed E-state index contributed by atoms with van der Waals surface area (Å²) < 4.78 is 6.22. The normalized spacial score (nSPS) is 10.1. The molecule has 126 valence electrons. The van der Waals surface area contributed by atoms with Crippen LogP contribution in [0, 0.1) is 6.92 Å². The lowest BCUT2D eigenvalue weighted by molar-refractivity contribution is 0.0974. The van der Waals surface area contributed by atoms with E-state index >= 15 is 0 Å². The molecule has 2 rings (SSSR count). The Morgan fingerprint density at radius 3 is 2.75 bits per heavy atom. The number of anilines is 1. The molecule has 0 bridgehead atoms. The van der Waals surface area contributed by atoms with Gasteiger partial charge in [-0.3, -0.25) is 10.1 Å². The first-order valence-corrected chi connectivity index (χ1v) is 8.45. The van der Waals surface area contributed by atoms with Crippen LogP contribution >= 0.6 is 28.1 Å². The Morgan fingerprint density at radius 2 is 2.04 bits per heavy atom. The van der Waals surface area contributed by atoms with Gasteiger partial charge in [0.15, 0.2) is 5.11 Å². The fourth-order valence-electron chi connectivity index (χ4n) is 2.04. The van der Waals surface area contributed by atoms with E-state index < -0.39 is 5.91 Å². The number of phenolic OH excluding ortho intramolecular Hbond substituents is 1. The molecule has 0 saturated carbocycles. The summed E-state index contributed by atoms with van der Waals surface area (Å²) in [7, 11) is 0. The van der Waals surface area contributed by atoms with Crippen LogP contribution in [0.15, 0.2) is 40.9 Å². The second-order valence-electron chi connectivity index (χ2n) is 5.00. The molecule has 0 heterocycles. The van der Waals surface area contributed by atoms with Crippen molar-refractivity contribution >= 4 is 44.9 Å². The molecule has 2 aromatic rings. The van der Waals surface area contributed by atoms with E-state index in [-0.39, 0.29) is 10.9 Å². The molecule has 0 radical (unpaired) electrons. The fourth-order valence-corrected chi connectivity index (χ4v) is 2.60. The van der Waals surface area contributed by atoms with E-state index in [1.165, 1.54) is 0 Å². The molecule has 0 unspecified atom stereocenters. The van der Waals surface area contributed by atoms with Gasteiger partial charge in [0.1, 0.15) is 11.5 Å². The van der Waals surface area contributed by atoms with Crippen molar-refractivity contribution in [2.45, 2.75) is 13.8 Å². The van der Waals surface area contributed by atoms with E-state index in [4.69, 9.17) is 17.0 Å². The minimum Gasteiger partial charge on any atom is -0.506 e. The van der Waals surface area contributed by atoms with E-state index in [0.717, 1.165) is 10.0 Å². The number of carbonyl (C=O) groups is 1. The quantitative estimate of drug-likeness (QED) is 0.526. The molecule has 1 amide bonds. The standard InChI is InChI=1S/C17H17BrN2O3S/c1-3-23-15-7-5-11(18)9-12(15)16(22)20-17(24)19-13-8-10(2)4-6-14(13)21/h4-9,21H,3H2,1-2H3,(H2,19,20,22,24). The number of benzene rings is 2. The smallest absolute Gasteiger partial charge is 0.261 e. The number of nitrogens with one attached hydrogen (secondary N) is 2. The van der Waals surface area contributed by atoms with Gasteiger partial charge in [0.05, 0.1) is 17.9 Å². The SMILES string of the molecule is CCOc1ccc(Br)cc1C(=O)NC(=S)Nc1cc(C)ccc1O. The molecule has 3 N–H and O–H groups in total. The molecule has 0 aromatic heterocycles. The molecular formula is C17H17BrN2O3S. The number of hydrogen-bond donors (Lipinski definition) is 3. The number of carbonyl (C=O) groups excluding carboxylic acids is 1. The maximum absolute atomic E-state index is 12.4. The highest BCUT2D eigenvalue weighted by Crippen LogP contribution is 2.25. The number of halogens is 1. The Balaban J connectivity index is 2.13. The van der Waals surface area contributed by atoms with Crippen LogP contribution in [-0.2, 0) is 0 Å². The highest BCUT2D eigenvalue weighted by molar-refractivity contribution is 9.10. The molecule has 0 aliphatic carbocycles. The number of aromatic hydroxyl groups is 1. The Morgan fingerprint density at radius 1 is 1.29 bits per heavy atom. The third-order valence-corrected chi connectivity index (χ3v) is 3.81. The van der Waals surface area contributed by atoms with Gasteiger partial charge >= 0.3 is 0 Å². The summed E-state index contributed by atoms with van der Waals surface area (Å²) in [6.45, 7) is 4.18. The van der Waals surface area contributed by atoms with Crippen molar-refractivity contribution in [2.75, 3.05) is 11.9 Å². The first-order chi connectivity index (χ1) is 11.4. The van der Waals surface area contributed by atoms with Gasteiger partial charge in [-0.2, -0.15) is 0 Å². The van der Waals surface area contributed by atoms with Gasteiger partial charge in [0.2, 0.25) is 0 Å². The van der Waals surface area contributed by atoms with Crippen LogP contribution in [0.1, 0.15) is 22.8 Å². The van der Waals surface area contributed by atoms with Crippen molar-refractivity contribution in [2.24, 2.45) is 0 Å². The summed E-state index contributed by atoms with van der Waals surface area (Å²) >= 11 is 8.49. The largest absolute Gasteiger partial charge is 0.506 e.